The maximum atomic E-state index is 13.1. The van der Waals surface area contributed by atoms with Crippen LogP contribution in [0, 0.1) is 11.8 Å². The summed E-state index contributed by atoms with van der Waals surface area (Å²) in [6.07, 6.45) is 3.60. The van der Waals surface area contributed by atoms with Crippen molar-refractivity contribution in [2.45, 2.75) is 25.3 Å². The van der Waals surface area contributed by atoms with Gasteiger partial charge in [0.15, 0.2) is 5.78 Å². The number of rotatable bonds is 5. The van der Waals surface area contributed by atoms with E-state index in [2.05, 4.69) is 36.8 Å². The van der Waals surface area contributed by atoms with Crippen molar-refractivity contribution in [2.75, 3.05) is 18.8 Å². The van der Waals surface area contributed by atoms with Gasteiger partial charge in [0.2, 0.25) is 5.91 Å². The maximum absolute atomic E-state index is 13.1. The molecule has 0 bridgehead atoms. The first-order valence-electron chi connectivity index (χ1n) is 11.4. The Morgan fingerprint density at radius 1 is 1.06 bits per heavy atom. The number of likely N-dealkylation sites (tertiary alicyclic amines) is 1. The van der Waals surface area contributed by atoms with Crippen molar-refractivity contribution in [3.8, 4) is 11.3 Å². The van der Waals surface area contributed by atoms with Gasteiger partial charge in [-0.1, -0.05) is 23.7 Å². The third-order valence-electron chi connectivity index (χ3n) is 6.88. The van der Waals surface area contributed by atoms with Crippen molar-refractivity contribution >= 4 is 60.8 Å². The van der Waals surface area contributed by atoms with Crippen LogP contribution in [0.5, 0.6) is 0 Å². The van der Waals surface area contributed by atoms with E-state index in [0.717, 1.165) is 11.3 Å². The number of H-pyrrole nitrogens is 1. The van der Waals surface area contributed by atoms with E-state index in [1.807, 2.05) is 23.1 Å². The first kappa shape index (κ1) is 24.3. The molecule has 3 aromatic rings. The molecular formula is C25H23Br2ClN4O3. The van der Waals surface area contributed by atoms with E-state index in [0.29, 0.717) is 57.6 Å². The van der Waals surface area contributed by atoms with Crippen LogP contribution in [0.15, 0.2) is 56.3 Å². The second-order valence-electron chi connectivity index (χ2n) is 9.08. The molecule has 1 aromatic heterocycles. The van der Waals surface area contributed by atoms with Gasteiger partial charge in [-0.05, 0) is 75.4 Å². The molecule has 1 aliphatic carbocycles. The summed E-state index contributed by atoms with van der Waals surface area (Å²) in [7, 11) is 0. The average molecular weight is 623 g/mol. The Balaban J connectivity index is 1.24. The number of imidazole rings is 1. The lowest BCUT2D eigenvalue weighted by Gasteiger charge is -2.33. The molecule has 0 spiro atoms. The van der Waals surface area contributed by atoms with Gasteiger partial charge in [0.1, 0.15) is 0 Å². The highest BCUT2D eigenvalue weighted by molar-refractivity contribution is 9.11. The number of hydrogen-bond acceptors (Lipinski definition) is 4. The minimum Gasteiger partial charge on any atom is -0.397 e. The van der Waals surface area contributed by atoms with Crippen molar-refractivity contribution in [1.82, 2.24) is 14.5 Å². The van der Waals surface area contributed by atoms with Gasteiger partial charge in [0.05, 0.1) is 11.4 Å². The van der Waals surface area contributed by atoms with E-state index in [-0.39, 0.29) is 35.3 Å². The van der Waals surface area contributed by atoms with Crippen molar-refractivity contribution < 1.29 is 9.59 Å². The maximum Gasteiger partial charge on any atom is 0.326 e. The summed E-state index contributed by atoms with van der Waals surface area (Å²) >= 11 is 12.9. The quantitative estimate of drug-likeness (QED) is 0.299. The van der Waals surface area contributed by atoms with Crippen LogP contribution in [-0.4, -0.2) is 39.2 Å². The third kappa shape index (κ3) is 4.73. The number of nitrogens with zero attached hydrogens (tertiary/aromatic N) is 2. The fraction of sp³-hybridized carbons (Fsp3) is 0.320. The van der Waals surface area contributed by atoms with Gasteiger partial charge in [0, 0.05) is 62.3 Å². The number of nitrogens with one attached hydrogen (secondary N) is 1. The fourth-order valence-electron chi connectivity index (χ4n) is 4.89. The van der Waals surface area contributed by atoms with Crippen molar-refractivity contribution in [3.63, 3.8) is 0 Å². The predicted octanol–water partition coefficient (Wildman–Crippen LogP) is 5.29. The lowest BCUT2D eigenvalue weighted by atomic mass is 10.0. The summed E-state index contributed by atoms with van der Waals surface area (Å²) in [4.78, 5) is 43.3. The molecule has 182 valence electrons. The Hall–Kier alpha value is -2.36. The van der Waals surface area contributed by atoms with Gasteiger partial charge in [0.25, 0.3) is 0 Å². The molecule has 2 heterocycles. The molecule has 0 radical (unpaired) electrons. The summed E-state index contributed by atoms with van der Waals surface area (Å²) in [6.45, 7) is 1.10. The zero-order valence-corrected chi connectivity index (χ0v) is 22.6. The highest BCUT2D eigenvalue weighted by atomic mass is 79.9. The smallest absolute Gasteiger partial charge is 0.326 e. The largest absolute Gasteiger partial charge is 0.397 e. The molecule has 10 heteroatoms. The Bertz CT molecular complexity index is 1350. The predicted molar refractivity (Wildman–Crippen MR) is 143 cm³/mol. The number of aromatic amines is 1. The highest BCUT2D eigenvalue weighted by Crippen LogP contribution is 2.44. The van der Waals surface area contributed by atoms with Gasteiger partial charge < -0.3 is 15.6 Å². The number of benzene rings is 2. The third-order valence-corrected chi connectivity index (χ3v) is 8.43. The molecule has 2 unspecified atom stereocenters. The van der Waals surface area contributed by atoms with Crippen LogP contribution in [0.25, 0.3) is 11.3 Å². The molecule has 2 aliphatic rings. The van der Waals surface area contributed by atoms with Crippen molar-refractivity contribution in [2.24, 2.45) is 11.8 Å². The summed E-state index contributed by atoms with van der Waals surface area (Å²) in [5.74, 6) is -0.605. The average Bonchev–Trinajstić information content (AvgIpc) is 3.56. The zero-order valence-electron chi connectivity index (χ0n) is 18.6. The number of amides is 1. The number of Topliss-reactive ketones (excluding diaryl/α,β-unsaturated/α-hetero) is 1. The number of carbonyl (C=O) groups excluding carboxylic acids is 2. The molecule has 1 aliphatic heterocycles. The Labute approximate surface area is 223 Å². The Kier molecular flexibility index (Phi) is 6.67. The van der Waals surface area contributed by atoms with Crippen LogP contribution in [0.2, 0.25) is 5.02 Å². The number of aromatic nitrogens is 2. The van der Waals surface area contributed by atoms with Crippen molar-refractivity contribution in [3.05, 3.63) is 72.6 Å². The molecule has 2 fully saturated rings. The molecule has 3 N–H and O–H groups in total. The van der Waals surface area contributed by atoms with E-state index >= 15 is 0 Å². The van der Waals surface area contributed by atoms with Crippen LogP contribution >= 0.6 is 43.5 Å². The number of carbonyl (C=O) groups is 2. The number of nitrogens with two attached hydrogens (primary N) is 1. The minimum absolute atomic E-state index is 0.0202. The van der Waals surface area contributed by atoms with Gasteiger partial charge in [-0.3, -0.25) is 14.2 Å². The standard InChI is InChI=1S/C25H23Br2ClN4O3/c26-19-9-14(10-20(27)22(19)29)23(33)17-11-18(17)24(34)31-6-4-16(5-7-31)32-21(12-30-25(32)35)13-2-1-3-15(28)8-13/h1-3,8-10,12,16-18H,4-7,11,29H2,(H,30,35). The minimum atomic E-state index is -0.302. The number of ketones is 1. The fourth-order valence-corrected chi connectivity index (χ4v) is 6.27. The molecular weight excluding hydrogens is 600 g/mol. The van der Waals surface area contributed by atoms with Crippen LogP contribution < -0.4 is 11.4 Å². The Morgan fingerprint density at radius 3 is 2.40 bits per heavy atom. The first-order chi connectivity index (χ1) is 16.7. The van der Waals surface area contributed by atoms with Gasteiger partial charge >= 0.3 is 5.69 Å². The first-order valence-corrected chi connectivity index (χ1v) is 13.3. The Morgan fingerprint density at radius 2 is 1.74 bits per heavy atom. The SMILES string of the molecule is Nc1c(Br)cc(C(=O)C2CC2C(=O)N2CCC(n3c(-c4cccc(Cl)c4)c[nH]c3=O)CC2)cc1Br. The van der Waals surface area contributed by atoms with E-state index < -0.39 is 0 Å². The molecule has 7 nitrogen and oxygen atoms in total. The van der Waals surface area contributed by atoms with Gasteiger partial charge in [-0.25, -0.2) is 4.79 Å². The second-order valence-corrected chi connectivity index (χ2v) is 11.2. The van der Waals surface area contributed by atoms with Crippen LogP contribution in [0.4, 0.5) is 5.69 Å². The topological polar surface area (TPSA) is 101 Å². The zero-order chi connectivity index (χ0) is 24.9. The molecule has 35 heavy (non-hydrogen) atoms. The molecule has 1 saturated heterocycles. The number of piperidine rings is 1. The summed E-state index contributed by atoms with van der Waals surface area (Å²) in [5, 5.41) is 0.607. The summed E-state index contributed by atoms with van der Waals surface area (Å²) in [6, 6.07) is 10.8. The van der Waals surface area contributed by atoms with E-state index in [9.17, 15) is 14.4 Å². The summed E-state index contributed by atoms with van der Waals surface area (Å²) < 4.78 is 3.07. The number of anilines is 1. The molecule has 1 saturated carbocycles. The second kappa shape index (κ2) is 9.59. The summed E-state index contributed by atoms with van der Waals surface area (Å²) in [5.41, 5.74) is 8.49. The molecule has 1 amide bonds. The van der Waals surface area contributed by atoms with E-state index in [4.69, 9.17) is 17.3 Å². The number of hydrogen-bond donors (Lipinski definition) is 2. The van der Waals surface area contributed by atoms with E-state index in [1.165, 1.54) is 0 Å². The molecule has 2 atom stereocenters. The molecule has 2 aromatic carbocycles. The van der Waals surface area contributed by atoms with Gasteiger partial charge in [-0.2, -0.15) is 0 Å². The van der Waals surface area contributed by atoms with Gasteiger partial charge in [-0.15, -0.1) is 0 Å². The van der Waals surface area contributed by atoms with E-state index in [1.54, 1.807) is 29.0 Å². The number of nitrogen functional groups attached to an aromatic ring is 1. The van der Waals surface area contributed by atoms with Crippen LogP contribution in [0.1, 0.15) is 35.7 Å². The van der Waals surface area contributed by atoms with Crippen LogP contribution in [0.3, 0.4) is 0 Å². The number of halogens is 3. The van der Waals surface area contributed by atoms with Crippen molar-refractivity contribution in [1.29, 1.82) is 0 Å². The lowest BCUT2D eigenvalue weighted by molar-refractivity contribution is -0.134. The monoisotopic (exact) mass is 620 g/mol. The van der Waals surface area contributed by atoms with Crippen LogP contribution in [-0.2, 0) is 4.79 Å². The molecule has 5 rings (SSSR count). The lowest BCUT2D eigenvalue weighted by Crippen LogP contribution is -2.41. The normalized spacial score (nSPS) is 20.1. The highest BCUT2D eigenvalue weighted by Gasteiger charge is 2.50.